The third-order valence-corrected chi connectivity index (χ3v) is 3.27. The first-order chi connectivity index (χ1) is 9.20. The first kappa shape index (κ1) is 13.8. The van der Waals surface area contributed by atoms with E-state index in [1.54, 1.807) is 17.0 Å². The number of rotatable bonds is 6. The molecule has 1 saturated carbocycles. The number of benzene rings is 1. The third kappa shape index (κ3) is 4.23. The van der Waals surface area contributed by atoms with Gasteiger partial charge in [0.15, 0.2) is 0 Å². The Morgan fingerprint density at radius 1 is 1.32 bits per heavy atom. The quantitative estimate of drug-likeness (QED) is 0.781. The predicted octanol–water partition coefficient (Wildman–Crippen LogP) is 3.69. The van der Waals surface area contributed by atoms with E-state index >= 15 is 0 Å². The van der Waals surface area contributed by atoms with Gasteiger partial charge >= 0.3 is 6.03 Å². The molecule has 1 fully saturated rings. The van der Waals surface area contributed by atoms with Crippen LogP contribution in [0.15, 0.2) is 24.3 Å². The van der Waals surface area contributed by atoms with Crippen LogP contribution in [0, 0.1) is 5.82 Å². The molecule has 0 radical (unpaired) electrons. The van der Waals surface area contributed by atoms with Crippen LogP contribution in [0.4, 0.5) is 14.9 Å². The maximum Gasteiger partial charge on any atom is 0.322 e. The molecule has 1 aliphatic carbocycles. The summed E-state index contributed by atoms with van der Waals surface area (Å²) in [5.74, 6) is -0.278. The van der Waals surface area contributed by atoms with Gasteiger partial charge in [0.1, 0.15) is 5.82 Å². The molecule has 0 saturated heterocycles. The second kappa shape index (κ2) is 6.55. The molecular weight excluding hydrogens is 243 g/mol. The summed E-state index contributed by atoms with van der Waals surface area (Å²) in [5, 5.41) is 2.99. The summed E-state index contributed by atoms with van der Waals surface area (Å²) in [6.45, 7) is 2.81. The molecule has 1 aromatic rings. The Labute approximate surface area is 113 Å². The van der Waals surface area contributed by atoms with Crippen LogP contribution < -0.4 is 10.2 Å². The van der Waals surface area contributed by atoms with Gasteiger partial charge in [0.2, 0.25) is 0 Å². The van der Waals surface area contributed by atoms with Gasteiger partial charge in [-0.1, -0.05) is 19.8 Å². The minimum absolute atomic E-state index is 0.0646. The fourth-order valence-electron chi connectivity index (χ4n) is 1.97. The Balaban J connectivity index is 2.02. The number of halogens is 1. The predicted molar refractivity (Wildman–Crippen MR) is 74.8 cm³/mol. The topological polar surface area (TPSA) is 32.3 Å². The van der Waals surface area contributed by atoms with Gasteiger partial charge < -0.3 is 5.32 Å². The highest BCUT2D eigenvalue weighted by atomic mass is 19.1. The Bertz CT molecular complexity index is 415. The molecule has 1 N–H and O–H groups in total. The van der Waals surface area contributed by atoms with Crippen molar-refractivity contribution < 1.29 is 9.18 Å². The highest BCUT2D eigenvalue weighted by Gasteiger charge is 2.26. The highest BCUT2D eigenvalue weighted by molar-refractivity contribution is 5.92. The van der Waals surface area contributed by atoms with E-state index in [1.165, 1.54) is 12.1 Å². The van der Waals surface area contributed by atoms with Crippen LogP contribution in [0.2, 0.25) is 0 Å². The van der Waals surface area contributed by atoms with Gasteiger partial charge in [0, 0.05) is 18.3 Å². The number of unbranched alkanes of at least 4 members (excludes halogenated alkanes) is 2. The zero-order valence-electron chi connectivity index (χ0n) is 11.4. The van der Waals surface area contributed by atoms with Gasteiger partial charge in [0.05, 0.1) is 0 Å². The summed E-state index contributed by atoms with van der Waals surface area (Å²) in [7, 11) is 0. The van der Waals surface area contributed by atoms with E-state index in [2.05, 4.69) is 12.2 Å². The summed E-state index contributed by atoms with van der Waals surface area (Å²) in [6, 6.07) is 6.38. The maximum atomic E-state index is 13.0. The molecule has 1 aromatic carbocycles. The van der Waals surface area contributed by atoms with Crippen molar-refractivity contribution in [1.29, 1.82) is 0 Å². The van der Waals surface area contributed by atoms with Crippen LogP contribution in [-0.4, -0.2) is 18.6 Å². The van der Waals surface area contributed by atoms with Gasteiger partial charge in [-0.15, -0.1) is 0 Å². The van der Waals surface area contributed by atoms with Crippen molar-refractivity contribution in [1.82, 2.24) is 5.32 Å². The Hall–Kier alpha value is -1.58. The largest absolute Gasteiger partial charge is 0.335 e. The fourth-order valence-corrected chi connectivity index (χ4v) is 1.97. The molecule has 0 aliphatic heterocycles. The number of carbonyl (C=O) groups is 1. The molecule has 104 valence electrons. The molecular formula is C15H21FN2O. The monoisotopic (exact) mass is 264 g/mol. The molecule has 0 unspecified atom stereocenters. The first-order valence-corrected chi connectivity index (χ1v) is 7.04. The zero-order valence-corrected chi connectivity index (χ0v) is 11.4. The van der Waals surface area contributed by atoms with E-state index < -0.39 is 0 Å². The molecule has 0 bridgehead atoms. The average Bonchev–Trinajstić information content (AvgIpc) is 3.20. The second-order valence-electron chi connectivity index (χ2n) is 5.06. The summed E-state index contributed by atoms with van der Waals surface area (Å²) in [4.78, 5) is 13.9. The normalized spacial score (nSPS) is 14.2. The van der Waals surface area contributed by atoms with Gasteiger partial charge in [-0.25, -0.2) is 9.18 Å². The summed E-state index contributed by atoms with van der Waals surface area (Å²) in [6.07, 6.45) is 5.30. The van der Waals surface area contributed by atoms with Crippen molar-refractivity contribution >= 4 is 11.7 Å². The molecule has 1 aliphatic rings. The Morgan fingerprint density at radius 2 is 2.00 bits per heavy atom. The van der Waals surface area contributed by atoms with Crippen molar-refractivity contribution in [2.24, 2.45) is 0 Å². The molecule has 19 heavy (non-hydrogen) atoms. The van der Waals surface area contributed by atoms with Crippen LogP contribution in [0.3, 0.4) is 0 Å². The molecule has 2 amide bonds. The standard InChI is InChI=1S/C15H21FN2O/c1-2-3-4-11-18(15(19)17-13-7-8-13)14-9-5-12(16)6-10-14/h5-6,9-10,13H,2-4,7-8,11H2,1H3,(H,17,19). The van der Waals surface area contributed by atoms with Gasteiger partial charge in [-0.2, -0.15) is 0 Å². The number of carbonyl (C=O) groups excluding carboxylic acids is 1. The molecule has 0 heterocycles. The van der Waals surface area contributed by atoms with Crippen LogP contribution >= 0.6 is 0 Å². The van der Waals surface area contributed by atoms with E-state index in [4.69, 9.17) is 0 Å². The van der Waals surface area contributed by atoms with E-state index in [9.17, 15) is 9.18 Å². The van der Waals surface area contributed by atoms with Crippen LogP contribution in [-0.2, 0) is 0 Å². The highest BCUT2D eigenvalue weighted by Crippen LogP contribution is 2.21. The lowest BCUT2D eigenvalue weighted by molar-refractivity contribution is 0.245. The van der Waals surface area contributed by atoms with Crippen molar-refractivity contribution in [3.05, 3.63) is 30.1 Å². The van der Waals surface area contributed by atoms with E-state index in [1.807, 2.05) is 0 Å². The van der Waals surface area contributed by atoms with Crippen LogP contribution in [0.5, 0.6) is 0 Å². The van der Waals surface area contributed by atoms with Gasteiger partial charge in [-0.05, 0) is 43.5 Å². The smallest absolute Gasteiger partial charge is 0.322 e. The molecule has 3 nitrogen and oxygen atoms in total. The minimum atomic E-state index is -0.278. The number of hydrogen-bond donors (Lipinski definition) is 1. The number of urea groups is 1. The lowest BCUT2D eigenvalue weighted by Gasteiger charge is -2.23. The third-order valence-electron chi connectivity index (χ3n) is 3.27. The Morgan fingerprint density at radius 3 is 2.58 bits per heavy atom. The van der Waals surface area contributed by atoms with Crippen molar-refractivity contribution in [3.8, 4) is 0 Å². The summed E-state index contributed by atoms with van der Waals surface area (Å²) in [5.41, 5.74) is 0.760. The molecule has 0 atom stereocenters. The number of amides is 2. The summed E-state index contributed by atoms with van der Waals surface area (Å²) < 4.78 is 13.0. The number of anilines is 1. The van der Waals surface area contributed by atoms with Crippen LogP contribution in [0.25, 0.3) is 0 Å². The molecule has 2 rings (SSSR count). The Kier molecular flexibility index (Phi) is 4.77. The number of nitrogens with one attached hydrogen (secondary N) is 1. The van der Waals surface area contributed by atoms with Gasteiger partial charge in [-0.3, -0.25) is 4.90 Å². The van der Waals surface area contributed by atoms with Crippen molar-refractivity contribution in [2.45, 2.75) is 45.1 Å². The van der Waals surface area contributed by atoms with E-state index in [0.29, 0.717) is 12.6 Å². The van der Waals surface area contributed by atoms with E-state index in [-0.39, 0.29) is 11.8 Å². The molecule has 4 heteroatoms. The van der Waals surface area contributed by atoms with Gasteiger partial charge in [0.25, 0.3) is 0 Å². The average molecular weight is 264 g/mol. The SMILES string of the molecule is CCCCCN(C(=O)NC1CC1)c1ccc(F)cc1. The zero-order chi connectivity index (χ0) is 13.7. The van der Waals surface area contributed by atoms with E-state index in [0.717, 1.165) is 37.8 Å². The van der Waals surface area contributed by atoms with Crippen molar-refractivity contribution in [2.75, 3.05) is 11.4 Å². The first-order valence-electron chi connectivity index (χ1n) is 7.04. The second-order valence-corrected chi connectivity index (χ2v) is 5.06. The lowest BCUT2D eigenvalue weighted by atomic mass is 10.2. The number of hydrogen-bond acceptors (Lipinski definition) is 1. The minimum Gasteiger partial charge on any atom is -0.335 e. The molecule has 0 spiro atoms. The van der Waals surface area contributed by atoms with Crippen molar-refractivity contribution in [3.63, 3.8) is 0 Å². The maximum absolute atomic E-state index is 13.0. The fraction of sp³-hybridized carbons (Fsp3) is 0.533. The van der Waals surface area contributed by atoms with Crippen LogP contribution in [0.1, 0.15) is 39.0 Å². The number of nitrogens with zero attached hydrogens (tertiary/aromatic N) is 1. The lowest BCUT2D eigenvalue weighted by Crippen LogP contribution is -2.41. The summed E-state index contributed by atoms with van der Waals surface area (Å²) >= 11 is 0. The molecule has 0 aromatic heterocycles.